The van der Waals surface area contributed by atoms with Crippen LogP contribution in [0, 0.1) is 0 Å². The van der Waals surface area contributed by atoms with Crippen LogP contribution in [-0.2, 0) is 4.79 Å². The first-order valence-electron chi connectivity index (χ1n) is 11.6. The third-order valence-corrected chi connectivity index (χ3v) is 6.65. The van der Waals surface area contributed by atoms with Crippen LogP contribution in [0.2, 0.25) is 0 Å². The summed E-state index contributed by atoms with van der Waals surface area (Å²) >= 11 is 0. The number of rotatable bonds is 4. The number of aromatic nitrogens is 1. The second kappa shape index (κ2) is 8.67. The Bertz CT molecular complexity index is 1680. The molecule has 1 aromatic heterocycles. The molecule has 184 valence electrons. The van der Waals surface area contributed by atoms with Crippen LogP contribution in [0.25, 0.3) is 17.0 Å². The predicted octanol–water partition coefficient (Wildman–Crippen LogP) is 4.60. The number of nitrogens with one attached hydrogen (secondary N) is 1. The lowest BCUT2D eigenvalue weighted by molar-refractivity contribution is -0.135. The van der Waals surface area contributed by atoms with Gasteiger partial charge in [0, 0.05) is 27.9 Å². The van der Waals surface area contributed by atoms with E-state index < -0.39 is 11.9 Å². The van der Waals surface area contributed by atoms with Gasteiger partial charge in [0.25, 0.3) is 5.56 Å². The number of ether oxygens (including phenoxy) is 4. The third kappa shape index (κ3) is 3.83. The van der Waals surface area contributed by atoms with E-state index in [1.807, 2.05) is 18.2 Å². The molecule has 0 unspecified atom stereocenters. The molecule has 0 bridgehead atoms. The minimum absolute atomic E-state index is 0.0723. The second-order valence-electron chi connectivity index (χ2n) is 8.80. The lowest BCUT2D eigenvalue weighted by atomic mass is 9.85. The molecule has 0 fully saturated rings. The number of hydrogen-bond acceptors (Lipinski definition) is 7. The Morgan fingerprint density at radius 3 is 2.41 bits per heavy atom. The van der Waals surface area contributed by atoms with Crippen LogP contribution in [-0.4, -0.2) is 31.0 Å². The molecular formula is C29H21NO7. The van der Waals surface area contributed by atoms with Crippen molar-refractivity contribution in [3.63, 3.8) is 0 Å². The van der Waals surface area contributed by atoms with Crippen LogP contribution < -0.4 is 24.5 Å². The number of esters is 1. The van der Waals surface area contributed by atoms with E-state index in [2.05, 4.69) is 4.98 Å². The highest BCUT2D eigenvalue weighted by molar-refractivity contribution is 6.15. The first-order chi connectivity index (χ1) is 17.9. The summed E-state index contributed by atoms with van der Waals surface area (Å²) in [5.41, 5.74) is 2.28. The van der Waals surface area contributed by atoms with Crippen molar-refractivity contribution in [3.8, 4) is 23.0 Å². The number of carbonyl (C=O) groups excluding carboxylic acids is 2. The van der Waals surface area contributed by atoms with E-state index in [-0.39, 0.29) is 29.3 Å². The predicted molar refractivity (Wildman–Crippen MR) is 136 cm³/mol. The number of carbonyl (C=O) groups is 2. The number of ketones is 1. The summed E-state index contributed by atoms with van der Waals surface area (Å²) in [5, 5.41) is 0.749. The molecule has 8 nitrogen and oxygen atoms in total. The topological polar surface area (TPSA) is 104 Å². The molecule has 0 radical (unpaired) electrons. The van der Waals surface area contributed by atoms with Gasteiger partial charge in [-0.1, -0.05) is 12.1 Å². The Morgan fingerprint density at radius 2 is 1.65 bits per heavy atom. The Morgan fingerprint density at radius 1 is 0.892 bits per heavy atom. The fourth-order valence-electron chi connectivity index (χ4n) is 4.81. The van der Waals surface area contributed by atoms with Crippen molar-refractivity contribution >= 4 is 28.7 Å². The van der Waals surface area contributed by atoms with Crippen molar-refractivity contribution in [2.24, 2.45) is 0 Å². The van der Waals surface area contributed by atoms with Gasteiger partial charge in [0.05, 0.1) is 26.2 Å². The maximum absolute atomic E-state index is 13.2. The number of aromatic amines is 1. The van der Waals surface area contributed by atoms with E-state index >= 15 is 0 Å². The highest BCUT2D eigenvalue weighted by Gasteiger charge is 2.39. The summed E-state index contributed by atoms with van der Waals surface area (Å²) in [4.78, 5) is 41.8. The zero-order valence-corrected chi connectivity index (χ0v) is 20.0. The van der Waals surface area contributed by atoms with Crippen molar-refractivity contribution < 1.29 is 28.5 Å². The Hall–Kier alpha value is -4.85. The fourth-order valence-corrected chi connectivity index (χ4v) is 4.81. The SMILES string of the molecule is COc1ccc(/C=C2\Oc3c(ccc4c3[C@@H](c3cc5cc(OC)ccc5[nH]c3=O)CC(=O)O4)C2=O)cc1. The number of benzene rings is 3. The van der Waals surface area contributed by atoms with Crippen molar-refractivity contribution in [3.05, 3.63) is 99.0 Å². The highest BCUT2D eigenvalue weighted by atomic mass is 16.5. The van der Waals surface area contributed by atoms with Crippen molar-refractivity contribution in [2.45, 2.75) is 12.3 Å². The summed E-state index contributed by atoms with van der Waals surface area (Å²) in [7, 11) is 3.15. The molecule has 3 aromatic carbocycles. The van der Waals surface area contributed by atoms with Crippen LogP contribution >= 0.6 is 0 Å². The molecule has 0 aliphatic carbocycles. The molecule has 0 amide bonds. The monoisotopic (exact) mass is 495 g/mol. The molecule has 1 N–H and O–H groups in total. The van der Waals surface area contributed by atoms with Crippen LogP contribution in [0.4, 0.5) is 0 Å². The van der Waals surface area contributed by atoms with Gasteiger partial charge < -0.3 is 23.9 Å². The Labute approximate surface area is 211 Å². The minimum Gasteiger partial charge on any atom is -0.497 e. The normalized spacial score (nSPS) is 17.2. The maximum atomic E-state index is 13.2. The standard InChI is InChI=1S/C29H21NO7/c1-34-17-5-3-15(4-6-17)11-24-27(32)19-8-10-23-26(28(19)37-24)20(14-25(31)36-23)21-13-16-12-18(35-2)7-9-22(16)30-29(21)33/h3-13,20H,14H2,1-2H3,(H,30,33)/b24-11-/t20-/m1/s1. The van der Waals surface area contributed by atoms with E-state index in [4.69, 9.17) is 18.9 Å². The van der Waals surface area contributed by atoms with E-state index in [1.165, 1.54) is 0 Å². The summed E-state index contributed by atoms with van der Waals surface area (Å²) in [6.07, 6.45) is 1.57. The van der Waals surface area contributed by atoms with E-state index in [0.717, 1.165) is 10.9 Å². The van der Waals surface area contributed by atoms with Gasteiger partial charge in [-0.25, -0.2) is 0 Å². The molecule has 6 rings (SSSR count). The molecule has 8 heteroatoms. The summed E-state index contributed by atoms with van der Waals surface area (Å²) in [6, 6.07) is 17.4. The van der Waals surface area contributed by atoms with Gasteiger partial charge in [-0.2, -0.15) is 0 Å². The number of hydrogen-bond donors (Lipinski definition) is 1. The average molecular weight is 495 g/mol. The molecule has 37 heavy (non-hydrogen) atoms. The fraction of sp³-hybridized carbons (Fsp3) is 0.138. The maximum Gasteiger partial charge on any atom is 0.312 e. The smallest absolute Gasteiger partial charge is 0.312 e. The number of pyridine rings is 1. The minimum atomic E-state index is -0.668. The van der Waals surface area contributed by atoms with Crippen LogP contribution in [0.1, 0.15) is 39.4 Å². The van der Waals surface area contributed by atoms with Gasteiger partial charge in [0.15, 0.2) is 5.76 Å². The Kier molecular flexibility index (Phi) is 5.30. The van der Waals surface area contributed by atoms with Crippen molar-refractivity contribution in [2.75, 3.05) is 14.2 Å². The van der Waals surface area contributed by atoms with Gasteiger partial charge in [0.2, 0.25) is 5.78 Å². The van der Waals surface area contributed by atoms with E-state index in [0.29, 0.717) is 39.5 Å². The lowest BCUT2D eigenvalue weighted by Crippen LogP contribution is -2.26. The molecule has 3 heterocycles. The van der Waals surface area contributed by atoms with Gasteiger partial charge in [-0.15, -0.1) is 0 Å². The summed E-state index contributed by atoms with van der Waals surface area (Å²) in [5.74, 6) is 0.606. The van der Waals surface area contributed by atoms with Gasteiger partial charge in [0.1, 0.15) is 23.0 Å². The lowest BCUT2D eigenvalue weighted by Gasteiger charge is -2.26. The largest absolute Gasteiger partial charge is 0.497 e. The first-order valence-corrected chi connectivity index (χ1v) is 11.6. The van der Waals surface area contributed by atoms with Crippen LogP contribution in [0.3, 0.4) is 0 Å². The first kappa shape index (κ1) is 22.6. The molecular weight excluding hydrogens is 474 g/mol. The molecule has 1 atom stereocenters. The molecule has 2 aliphatic heterocycles. The molecule has 4 aromatic rings. The van der Waals surface area contributed by atoms with Crippen LogP contribution in [0.5, 0.6) is 23.0 Å². The van der Waals surface area contributed by atoms with Gasteiger partial charge >= 0.3 is 5.97 Å². The third-order valence-electron chi connectivity index (χ3n) is 6.65. The number of allylic oxidation sites excluding steroid dienone is 1. The molecule has 0 saturated heterocycles. The molecule has 2 aliphatic rings. The summed E-state index contributed by atoms with van der Waals surface area (Å²) in [6.45, 7) is 0. The number of H-pyrrole nitrogens is 1. The Balaban J connectivity index is 1.47. The zero-order valence-electron chi connectivity index (χ0n) is 20.0. The van der Waals surface area contributed by atoms with Crippen molar-refractivity contribution in [1.82, 2.24) is 4.98 Å². The van der Waals surface area contributed by atoms with Gasteiger partial charge in [-0.3, -0.25) is 14.4 Å². The molecule has 0 saturated carbocycles. The highest BCUT2D eigenvalue weighted by Crippen LogP contribution is 2.48. The van der Waals surface area contributed by atoms with Crippen molar-refractivity contribution in [1.29, 1.82) is 0 Å². The summed E-state index contributed by atoms with van der Waals surface area (Å²) < 4.78 is 22.1. The van der Waals surface area contributed by atoms with E-state index in [9.17, 15) is 14.4 Å². The quantitative estimate of drug-likeness (QED) is 0.251. The van der Waals surface area contributed by atoms with E-state index in [1.54, 1.807) is 62.8 Å². The number of Topliss-reactive ketones (excluding diaryl/α,β-unsaturated/α-hetero) is 1. The zero-order chi connectivity index (χ0) is 25.7. The number of fused-ring (bicyclic) bond motifs is 4. The number of methoxy groups -OCH3 is 2. The molecule has 0 spiro atoms. The average Bonchev–Trinajstić information content (AvgIpc) is 3.22. The van der Waals surface area contributed by atoms with Gasteiger partial charge in [-0.05, 0) is 60.2 Å². The van der Waals surface area contributed by atoms with Crippen LogP contribution in [0.15, 0.2) is 71.2 Å². The second-order valence-corrected chi connectivity index (χ2v) is 8.80.